The summed E-state index contributed by atoms with van der Waals surface area (Å²) in [7, 11) is 0. The molecule has 3 aromatic rings. The fourth-order valence-electron chi connectivity index (χ4n) is 3.51. The number of urea groups is 1. The lowest BCUT2D eigenvalue weighted by Gasteiger charge is -2.38. The number of aliphatic hydroxyl groups is 1. The Labute approximate surface area is 157 Å². The number of amides is 2. The van der Waals surface area contributed by atoms with E-state index in [-0.39, 0.29) is 6.03 Å². The van der Waals surface area contributed by atoms with Gasteiger partial charge in [0.05, 0.1) is 24.0 Å². The van der Waals surface area contributed by atoms with Crippen LogP contribution in [0.2, 0.25) is 0 Å². The second-order valence-electron chi connectivity index (χ2n) is 7.14. The van der Waals surface area contributed by atoms with Gasteiger partial charge >= 0.3 is 6.03 Å². The van der Waals surface area contributed by atoms with E-state index in [1.807, 2.05) is 41.1 Å². The number of likely N-dealkylation sites (tertiary alicyclic amines) is 1. The zero-order chi connectivity index (χ0) is 18.7. The standard InChI is InChI=1S/C20H23N5O2/c26-19(23-13-16-11-17-3-1-2-4-18(17)22-12-16)25-8-5-20(27,6-9-25)14-24-10-7-21-15-24/h1-4,7,10-12,15,27H,5-6,8-9,13-14H2,(H,23,26). The highest BCUT2D eigenvalue weighted by Crippen LogP contribution is 2.24. The molecule has 0 radical (unpaired) electrons. The van der Waals surface area contributed by atoms with Gasteiger partial charge in [-0.15, -0.1) is 0 Å². The average Bonchev–Trinajstić information content (AvgIpc) is 3.19. The first kappa shape index (κ1) is 17.5. The monoisotopic (exact) mass is 365 g/mol. The number of hydrogen-bond acceptors (Lipinski definition) is 4. The van der Waals surface area contributed by atoms with Gasteiger partial charge in [-0.05, 0) is 30.5 Å². The molecule has 1 fully saturated rings. The number of nitrogens with zero attached hydrogens (tertiary/aromatic N) is 4. The van der Waals surface area contributed by atoms with Crippen molar-refractivity contribution in [2.75, 3.05) is 13.1 Å². The Morgan fingerprint density at radius 1 is 1.26 bits per heavy atom. The predicted octanol–water partition coefficient (Wildman–Crippen LogP) is 2.17. The Hall–Kier alpha value is -2.93. The van der Waals surface area contributed by atoms with Gasteiger partial charge in [0.15, 0.2) is 0 Å². The Kier molecular flexibility index (Phi) is 4.77. The van der Waals surface area contributed by atoms with Crippen LogP contribution >= 0.6 is 0 Å². The highest BCUT2D eigenvalue weighted by Gasteiger charge is 2.34. The molecule has 0 spiro atoms. The lowest BCUT2D eigenvalue weighted by molar-refractivity contribution is -0.0257. The van der Waals surface area contributed by atoms with Gasteiger partial charge in [0, 0.05) is 43.6 Å². The molecule has 0 bridgehead atoms. The second-order valence-corrected chi connectivity index (χ2v) is 7.14. The third-order valence-electron chi connectivity index (χ3n) is 5.11. The van der Waals surface area contributed by atoms with Crippen molar-refractivity contribution < 1.29 is 9.90 Å². The van der Waals surface area contributed by atoms with Gasteiger partial charge in [-0.1, -0.05) is 18.2 Å². The molecular weight excluding hydrogens is 342 g/mol. The van der Waals surface area contributed by atoms with Crippen molar-refractivity contribution >= 4 is 16.9 Å². The van der Waals surface area contributed by atoms with E-state index < -0.39 is 5.60 Å². The van der Waals surface area contributed by atoms with Crippen LogP contribution in [-0.4, -0.2) is 49.3 Å². The van der Waals surface area contributed by atoms with E-state index in [9.17, 15) is 9.90 Å². The number of benzene rings is 1. The largest absolute Gasteiger partial charge is 0.388 e. The van der Waals surface area contributed by atoms with Crippen LogP contribution in [0.3, 0.4) is 0 Å². The summed E-state index contributed by atoms with van der Waals surface area (Å²) in [5.41, 5.74) is 1.12. The average molecular weight is 365 g/mol. The van der Waals surface area contributed by atoms with Gasteiger partial charge in [0.25, 0.3) is 0 Å². The van der Waals surface area contributed by atoms with E-state index >= 15 is 0 Å². The van der Waals surface area contributed by atoms with Crippen LogP contribution < -0.4 is 5.32 Å². The normalized spacial score (nSPS) is 16.4. The molecule has 4 rings (SSSR count). The van der Waals surface area contributed by atoms with Gasteiger partial charge in [0.2, 0.25) is 0 Å². The molecule has 2 amide bonds. The molecule has 3 heterocycles. The first-order valence-electron chi connectivity index (χ1n) is 9.16. The zero-order valence-electron chi connectivity index (χ0n) is 15.1. The van der Waals surface area contributed by atoms with Gasteiger partial charge in [0.1, 0.15) is 0 Å². The summed E-state index contributed by atoms with van der Waals surface area (Å²) < 4.78 is 1.88. The minimum Gasteiger partial charge on any atom is -0.388 e. The first-order valence-corrected chi connectivity index (χ1v) is 9.16. The summed E-state index contributed by atoms with van der Waals surface area (Å²) in [6, 6.07) is 9.86. The number of imidazole rings is 1. The van der Waals surface area contributed by atoms with Crippen molar-refractivity contribution in [3.8, 4) is 0 Å². The number of rotatable bonds is 4. The molecule has 7 heteroatoms. The van der Waals surface area contributed by atoms with Gasteiger partial charge in [-0.3, -0.25) is 4.98 Å². The molecule has 1 aliphatic rings. The summed E-state index contributed by atoms with van der Waals surface area (Å²) in [4.78, 5) is 22.6. The molecule has 27 heavy (non-hydrogen) atoms. The van der Waals surface area contributed by atoms with Crippen molar-refractivity contribution in [3.63, 3.8) is 0 Å². The van der Waals surface area contributed by atoms with E-state index in [1.54, 1.807) is 23.6 Å². The Morgan fingerprint density at radius 2 is 2.07 bits per heavy atom. The topological polar surface area (TPSA) is 83.3 Å². The molecule has 1 aromatic carbocycles. The van der Waals surface area contributed by atoms with Crippen LogP contribution in [0.25, 0.3) is 10.9 Å². The van der Waals surface area contributed by atoms with E-state index in [0.717, 1.165) is 16.5 Å². The van der Waals surface area contributed by atoms with Crippen LogP contribution in [0.15, 0.2) is 55.2 Å². The quantitative estimate of drug-likeness (QED) is 0.742. The van der Waals surface area contributed by atoms with Gasteiger partial charge < -0.3 is 19.9 Å². The molecule has 1 saturated heterocycles. The van der Waals surface area contributed by atoms with Crippen molar-refractivity contribution in [2.45, 2.75) is 31.5 Å². The third kappa shape index (κ3) is 4.09. The highest BCUT2D eigenvalue weighted by molar-refractivity contribution is 5.79. The number of pyridine rings is 1. The number of aromatic nitrogens is 3. The molecule has 0 unspecified atom stereocenters. The summed E-state index contributed by atoms with van der Waals surface area (Å²) in [5.74, 6) is 0. The fourth-order valence-corrected chi connectivity index (χ4v) is 3.51. The summed E-state index contributed by atoms with van der Waals surface area (Å²) in [6.45, 7) is 2.01. The predicted molar refractivity (Wildman–Crippen MR) is 102 cm³/mol. The molecule has 0 atom stereocenters. The van der Waals surface area contributed by atoms with Crippen molar-refractivity contribution in [2.24, 2.45) is 0 Å². The van der Waals surface area contributed by atoms with Crippen LogP contribution in [-0.2, 0) is 13.1 Å². The van der Waals surface area contributed by atoms with Gasteiger partial charge in [-0.25, -0.2) is 9.78 Å². The number of piperidine rings is 1. The lowest BCUT2D eigenvalue weighted by atomic mass is 9.91. The highest BCUT2D eigenvalue weighted by atomic mass is 16.3. The number of carbonyl (C=O) groups excluding carboxylic acids is 1. The fraction of sp³-hybridized carbons (Fsp3) is 0.350. The zero-order valence-corrected chi connectivity index (χ0v) is 15.1. The maximum absolute atomic E-state index is 12.5. The molecule has 1 aliphatic heterocycles. The summed E-state index contributed by atoms with van der Waals surface area (Å²) >= 11 is 0. The Balaban J connectivity index is 1.30. The van der Waals surface area contributed by atoms with Gasteiger partial charge in [-0.2, -0.15) is 0 Å². The molecule has 7 nitrogen and oxygen atoms in total. The number of carbonyl (C=O) groups is 1. The Bertz CT molecular complexity index is 917. The third-order valence-corrected chi connectivity index (χ3v) is 5.11. The van der Waals surface area contributed by atoms with Crippen molar-refractivity contribution in [1.29, 1.82) is 0 Å². The first-order chi connectivity index (χ1) is 13.1. The molecule has 2 aromatic heterocycles. The number of nitrogens with one attached hydrogen (secondary N) is 1. The van der Waals surface area contributed by atoms with Crippen LogP contribution in [0.4, 0.5) is 4.79 Å². The van der Waals surface area contributed by atoms with Crippen LogP contribution in [0.1, 0.15) is 18.4 Å². The van der Waals surface area contributed by atoms with E-state index in [4.69, 9.17) is 0 Å². The Morgan fingerprint density at radius 3 is 2.85 bits per heavy atom. The summed E-state index contributed by atoms with van der Waals surface area (Å²) in [6.07, 6.45) is 8.14. The molecule has 140 valence electrons. The van der Waals surface area contributed by atoms with E-state index in [2.05, 4.69) is 15.3 Å². The van der Waals surface area contributed by atoms with Crippen molar-refractivity contribution in [1.82, 2.24) is 24.8 Å². The van der Waals surface area contributed by atoms with Crippen LogP contribution in [0, 0.1) is 0 Å². The molecule has 2 N–H and O–H groups in total. The SMILES string of the molecule is O=C(NCc1cnc2ccccc2c1)N1CCC(O)(Cn2ccnc2)CC1. The molecule has 0 saturated carbocycles. The summed E-state index contributed by atoms with van der Waals surface area (Å²) in [5, 5.41) is 14.8. The maximum atomic E-state index is 12.5. The molecular formula is C20H23N5O2. The smallest absolute Gasteiger partial charge is 0.317 e. The number of hydrogen-bond donors (Lipinski definition) is 2. The maximum Gasteiger partial charge on any atom is 0.317 e. The lowest BCUT2D eigenvalue weighted by Crippen LogP contribution is -2.51. The minimum atomic E-state index is -0.792. The second kappa shape index (κ2) is 7.36. The number of fused-ring (bicyclic) bond motifs is 1. The van der Waals surface area contributed by atoms with Crippen molar-refractivity contribution in [3.05, 3.63) is 60.8 Å². The molecule has 0 aliphatic carbocycles. The van der Waals surface area contributed by atoms with E-state index in [0.29, 0.717) is 39.0 Å². The minimum absolute atomic E-state index is 0.104. The number of para-hydroxylation sites is 1. The van der Waals surface area contributed by atoms with Crippen LogP contribution in [0.5, 0.6) is 0 Å². The van der Waals surface area contributed by atoms with E-state index in [1.165, 1.54) is 0 Å².